The standard InChI is InChI=1S/C26H25Cl2NO4S/c1-32-20-10-8-18(9-11-20)5-2-3-14-33-16-22(26(30)31)25-7-4-6-19(29-25)17-34-21-12-13-23(27)24(28)15-21/h4,6-13,15-16H,2-3,5,14,17H2,1H3,(H,30,31). The van der Waals surface area contributed by atoms with Crippen LogP contribution in [-0.2, 0) is 21.7 Å². The first-order chi connectivity index (χ1) is 16.5. The first-order valence-electron chi connectivity index (χ1n) is 10.7. The maximum Gasteiger partial charge on any atom is 0.341 e. The van der Waals surface area contributed by atoms with Crippen LogP contribution in [0.1, 0.15) is 29.8 Å². The van der Waals surface area contributed by atoms with Crippen molar-refractivity contribution in [3.05, 3.63) is 93.9 Å². The Kier molecular flexibility index (Phi) is 10.1. The zero-order valence-electron chi connectivity index (χ0n) is 18.7. The fourth-order valence-corrected chi connectivity index (χ4v) is 4.31. The molecular formula is C26H25Cl2NO4S. The third-order valence-corrected chi connectivity index (χ3v) is 6.70. The van der Waals surface area contributed by atoms with E-state index < -0.39 is 5.97 Å². The van der Waals surface area contributed by atoms with Gasteiger partial charge < -0.3 is 14.6 Å². The molecule has 0 aliphatic heterocycles. The van der Waals surface area contributed by atoms with Gasteiger partial charge in [0.2, 0.25) is 0 Å². The van der Waals surface area contributed by atoms with E-state index in [-0.39, 0.29) is 5.57 Å². The monoisotopic (exact) mass is 517 g/mol. The molecular weight excluding hydrogens is 493 g/mol. The number of benzene rings is 2. The van der Waals surface area contributed by atoms with Gasteiger partial charge in [0.15, 0.2) is 0 Å². The normalized spacial score (nSPS) is 11.3. The van der Waals surface area contributed by atoms with E-state index in [9.17, 15) is 9.90 Å². The lowest BCUT2D eigenvalue weighted by Crippen LogP contribution is -2.04. The van der Waals surface area contributed by atoms with Crippen molar-refractivity contribution < 1.29 is 19.4 Å². The lowest BCUT2D eigenvalue weighted by atomic mass is 10.1. The molecule has 0 radical (unpaired) electrons. The molecule has 0 spiro atoms. The number of hydrogen-bond donors (Lipinski definition) is 1. The number of unbranched alkanes of at least 4 members (excludes halogenated alkanes) is 1. The predicted octanol–water partition coefficient (Wildman–Crippen LogP) is 7.15. The number of ether oxygens (including phenoxy) is 2. The number of aromatic nitrogens is 1. The zero-order valence-corrected chi connectivity index (χ0v) is 21.0. The lowest BCUT2D eigenvalue weighted by Gasteiger charge is -2.07. The van der Waals surface area contributed by atoms with Crippen LogP contribution in [0.4, 0.5) is 0 Å². The number of aryl methyl sites for hydroxylation is 1. The third-order valence-electron chi connectivity index (χ3n) is 4.93. The van der Waals surface area contributed by atoms with Gasteiger partial charge in [-0.05, 0) is 67.3 Å². The maximum absolute atomic E-state index is 11.8. The van der Waals surface area contributed by atoms with E-state index in [1.807, 2.05) is 36.4 Å². The van der Waals surface area contributed by atoms with E-state index in [2.05, 4.69) is 4.98 Å². The summed E-state index contributed by atoms with van der Waals surface area (Å²) in [4.78, 5) is 17.2. The summed E-state index contributed by atoms with van der Waals surface area (Å²) in [5, 5.41) is 10.6. The van der Waals surface area contributed by atoms with Crippen LogP contribution in [0.15, 0.2) is 71.8 Å². The van der Waals surface area contributed by atoms with Gasteiger partial charge in [-0.2, -0.15) is 0 Å². The molecule has 0 saturated carbocycles. The molecule has 0 aliphatic rings. The Hall–Kier alpha value is -2.67. The van der Waals surface area contributed by atoms with Gasteiger partial charge in [0.25, 0.3) is 0 Å². The van der Waals surface area contributed by atoms with Crippen molar-refractivity contribution in [3.63, 3.8) is 0 Å². The number of aliphatic carboxylic acids is 1. The zero-order chi connectivity index (χ0) is 24.3. The molecule has 0 unspecified atom stereocenters. The van der Waals surface area contributed by atoms with Crippen molar-refractivity contribution >= 4 is 46.5 Å². The number of pyridine rings is 1. The molecule has 3 rings (SSSR count). The Balaban J connectivity index is 1.52. The summed E-state index contributed by atoms with van der Waals surface area (Å²) in [7, 11) is 1.65. The fourth-order valence-electron chi connectivity index (χ4n) is 3.10. The Morgan fingerprint density at radius 3 is 2.56 bits per heavy atom. The first-order valence-corrected chi connectivity index (χ1v) is 12.4. The summed E-state index contributed by atoms with van der Waals surface area (Å²) in [5.41, 5.74) is 2.36. The average Bonchev–Trinajstić information content (AvgIpc) is 2.84. The van der Waals surface area contributed by atoms with E-state index in [1.165, 1.54) is 11.8 Å². The van der Waals surface area contributed by atoms with Crippen molar-refractivity contribution in [2.75, 3.05) is 13.7 Å². The Morgan fingerprint density at radius 2 is 1.85 bits per heavy atom. The largest absolute Gasteiger partial charge is 0.500 e. The van der Waals surface area contributed by atoms with E-state index in [0.29, 0.717) is 28.1 Å². The van der Waals surface area contributed by atoms with Crippen molar-refractivity contribution in [1.82, 2.24) is 4.98 Å². The molecule has 178 valence electrons. The highest BCUT2D eigenvalue weighted by molar-refractivity contribution is 7.98. The Bertz CT molecular complexity index is 1140. The van der Waals surface area contributed by atoms with Crippen LogP contribution < -0.4 is 4.74 Å². The minimum Gasteiger partial charge on any atom is -0.500 e. The number of hydrogen-bond acceptors (Lipinski definition) is 5. The summed E-state index contributed by atoms with van der Waals surface area (Å²) < 4.78 is 10.7. The van der Waals surface area contributed by atoms with Gasteiger partial charge in [-0.15, -0.1) is 11.8 Å². The summed E-state index contributed by atoms with van der Waals surface area (Å²) >= 11 is 13.6. The second kappa shape index (κ2) is 13.3. The van der Waals surface area contributed by atoms with Gasteiger partial charge in [-0.3, -0.25) is 4.98 Å². The topological polar surface area (TPSA) is 68.7 Å². The van der Waals surface area contributed by atoms with E-state index >= 15 is 0 Å². The van der Waals surface area contributed by atoms with Crippen LogP contribution in [0.5, 0.6) is 5.75 Å². The number of halogens is 2. The molecule has 34 heavy (non-hydrogen) atoms. The van der Waals surface area contributed by atoms with Crippen LogP contribution in [0, 0.1) is 0 Å². The van der Waals surface area contributed by atoms with Crippen molar-refractivity contribution in [1.29, 1.82) is 0 Å². The molecule has 0 fully saturated rings. The quantitative estimate of drug-likeness (QED) is 0.119. The van der Waals surface area contributed by atoms with Crippen LogP contribution in [0.2, 0.25) is 10.0 Å². The number of nitrogens with zero attached hydrogens (tertiary/aromatic N) is 1. The first kappa shape index (κ1) is 25.9. The van der Waals surface area contributed by atoms with Crippen LogP contribution in [-0.4, -0.2) is 29.8 Å². The van der Waals surface area contributed by atoms with Gasteiger partial charge >= 0.3 is 5.97 Å². The van der Waals surface area contributed by atoms with Gasteiger partial charge in [0.1, 0.15) is 11.3 Å². The minimum atomic E-state index is -1.08. The van der Waals surface area contributed by atoms with Crippen molar-refractivity contribution in [2.24, 2.45) is 0 Å². The number of carboxylic acid groups (broad SMARTS) is 1. The van der Waals surface area contributed by atoms with Gasteiger partial charge in [-0.25, -0.2) is 4.79 Å². The molecule has 3 aromatic rings. The molecule has 5 nitrogen and oxygen atoms in total. The maximum atomic E-state index is 11.8. The molecule has 0 aliphatic carbocycles. The van der Waals surface area contributed by atoms with Crippen LogP contribution in [0.25, 0.3) is 5.57 Å². The minimum absolute atomic E-state index is 0.0246. The van der Waals surface area contributed by atoms with E-state index in [1.54, 1.807) is 43.1 Å². The fraction of sp³-hybridized carbons (Fsp3) is 0.231. The smallest absolute Gasteiger partial charge is 0.341 e. The Morgan fingerprint density at radius 1 is 1.06 bits per heavy atom. The summed E-state index contributed by atoms with van der Waals surface area (Å²) in [6, 6.07) is 18.7. The van der Waals surface area contributed by atoms with Crippen molar-refractivity contribution in [2.45, 2.75) is 29.9 Å². The molecule has 8 heteroatoms. The highest BCUT2D eigenvalue weighted by Gasteiger charge is 2.13. The van der Waals surface area contributed by atoms with E-state index in [0.717, 1.165) is 35.6 Å². The second-order valence-corrected chi connectivity index (χ2v) is 9.25. The second-order valence-electron chi connectivity index (χ2n) is 7.39. The number of methoxy groups -OCH3 is 1. The molecule has 2 aromatic carbocycles. The van der Waals surface area contributed by atoms with Gasteiger partial charge in [0.05, 0.1) is 41.4 Å². The van der Waals surface area contributed by atoms with Crippen LogP contribution >= 0.6 is 35.0 Å². The number of carbonyl (C=O) groups is 1. The number of thioether (sulfide) groups is 1. The Labute approximate surface area is 213 Å². The summed E-state index contributed by atoms with van der Waals surface area (Å²) in [5.74, 6) is 0.314. The molecule has 1 aromatic heterocycles. The predicted molar refractivity (Wildman–Crippen MR) is 138 cm³/mol. The summed E-state index contributed by atoms with van der Waals surface area (Å²) in [6.07, 6.45) is 3.95. The van der Waals surface area contributed by atoms with Gasteiger partial charge in [0, 0.05) is 10.6 Å². The highest BCUT2D eigenvalue weighted by Crippen LogP contribution is 2.29. The molecule has 0 atom stereocenters. The van der Waals surface area contributed by atoms with E-state index in [4.69, 9.17) is 32.7 Å². The molecule has 0 saturated heterocycles. The molecule has 0 bridgehead atoms. The number of rotatable bonds is 12. The van der Waals surface area contributed by atoms with Gasteiger partial charge in [-0.1, -0.05) is 41.4 Å². The van der Waals surface area contributed by atoms with Crippen molar-refractivity contribution in [3.8, 4) is 5.75 Å². The lowest BCUT2D eigenvalue weighted by molar-refractivity contribution is -0.130. The summed E-state index contributed by atoms with van der Waals surface area (Å²) in [6.45, 7) is 0.430. The molecule has 1 N–H and O–H groups in total. The number of carboxylic acids is 1. The molecule has 1 heterocycles. The van der Waals surface area contributed by atoms with Crippen LogP contribution in [0.3, 0.4) is 0 Å². The SMILES string of the molecule is COc1ccc(CCCCOC=C(C(=O)O)c2cccc(CSc3ccc(Cl)c(Cl)c3)n2)cc1. The average molecular weight is 518 g/mol. The third kappa shape index (κ3) is 7.97. The highest BCUT2D eigenvalue weighted by atomic mass is 35.5. The molecule has 0 amide bonds.